The number of pyridine rings is 1. The summed E-state index contributed by atoms with van der Waals surface area (Å²) in [5.41, 5.74) is 8.43. The molecule has 5 heterocycles. The normalized spacial score (nSPS) is 19.6. The van der Waals surface area contributed by atoms with E-state index < -0.39 is 0 Å². The molecular formula is C21H22N8O2. The standard InChI is InChI=1S/C21H22N8O2/c1-23-21-24-6-15(7-25-21)20(31)28-8-12-2-14(10-28)17-3-13(4-19(30)29(17)9-12)16-5-18(22)27-11-26-16/h3-7,11-12,14H,2,8-10H2,1H3,(H2,22,26,27)(H,23,24,25)/t12-,14+/m0/s1. The Hall–Kier alpha value is -3.82. The number of carbonyl (C=O) groups excluding carboxylic acids is 1. The van der Waals surface area contributed by atoms with Gasteiger partial charge in [0, 0.05) is 68.4 Å². The number of nitrogens with one attached hydrogen (secondary N) is 1. The zero-order chi connectivity index (χ0) is 21.5. The maximum Gasteiger partial charge on any atom is 0.257 e. The first-order valence-electron chi connectivity index (χ1n) is 10.1. The quantitative estimate of drug-likeness (QED) is 0.643. The maximum atomic E-state index is 13.1. The number of rotatable bonds is 3. The topological polar surface area (TPSA) is 132 Å². The molecule has 10 heteroatoms. The Balaban J connectivity index is 1.46. The summed E-state index contributed by atoms with van der Waals surface area (Å²) in [7, 11) is 1.73. The van der Waals surface area contributed by atoms with Crippen LogP contribution in [0.4, 0.5) is 11.8 Å². The molecule has 158 valence electrons. The second kappa shape index (κ2) is 7.46. The van der Waals surface area contributed by atoms with E-state index in [0.29, 0.717) is 48.2 Å². The second-order valence-corrected chi connectivity index (χ2v) is 8.00. The molecule has 2 atom stereocenters. The monoisotopic (exact) mass is 418 g/mol. The highest BCUT2D eigenvalue weighted by atomic mass is 16.2. The van der Waals surface area contributed by atoms with Gasteiger partial charge in [-0.2, -0.15) is 0 Å². The van der Waals surface area contributed by atoms with Crippen molar-refractivity contribution in [1.29, 1.82) is 0 Å². The predicted molar refractivity (Wildman–Crippen MR) is 114 cm³/mol. The molecule has 2 bridgehead atoms. The lowest BCUT2D eigenvalue weighted by Gasteiger charge is -2.42. The molecule has 0 saturated carbocycles. The summed E-state index contributed by atoms with van der Waals surface area (Å²) in [6.45, 7) is 1.74. The number of nitrogens with zero attached hydrogens (tertiary/aromatic N) is 6. The van der Waals surface area contributed by atoms with Gasteiger partial charge < -0.3 is 20.5 Å². The molecule has 0 radical (unpaired) electrons. The molecule has 3 N–H and O–H groups in total. The van der Waals surface area contributed by atoms with E-state index in [4.69, 9.17) is 5.73 Å². The minimum absolute atomic E-state index is 0.0600. The van der Waals surface area contributed by atoms with Crippen molar-refractivity contribution in [1.82, 2.24) is 29.4 Å². The number of aromatic nitrogens is 5. The summed E-state index contributed by atoms with van der Waals surface area (Å²) in [6.07, 6.45) is 5.41. The molecule has 2 aliphatic heterocycles. The van der Waals surface area contributed by atoms with Crippen LogP contribution in [-0.2, 0) is 6.54 Å². The van der Waals surface area contributed by atoms with Crippen LogP contribution in [0.15, 0.2) is 41.7 Å². The van der Waals surface area contributed by atoms with Gasteiger partial charge in [0.1, 0.15) is 12.1 Å². The van der Waals surface area contributed by atoms with Gasteiger partial charge in [0.05, 0.1) is 11.3 Å². The van der Waals surface area contributed by atoms with E-state index >= 15 is 0 Å². The third-order valence-corrected chi connectivity index (χ3v) is 5.95. The van der Waals surface area contributed by atoms with Gasteiger partial charge in [-0.3, -0.25) is 9.59 Å². The highest BCUT2D eigenvalue weighted by Gasteiger charge is 2.37. The third kappa shape index (κ3) is 3.49. The van der Waals surface area contributed by atoms with E-state index in [1.807, 2.05) is 15.5 Å². The van der Waals surface area contributed by atoms with E-state index in [-0.39, 0.29) is 23.3 Å². The Morgan fingerprint density at radius 2 is 1.90 bits per heavy atom. The molecule has 3 aromatic heterocycles. The Bertz CT molecular complexity index is 1210. The average molecular weight is 418 g/mol. The largest absolute Gasteiger partial charge is 0.384 e. The van der Waals surface area contributed by atoms with Crippen molar-refractivity contribution in [3.63, 3.8) is 0 Å². The first kappa shape index (κ1) is 19.2. The van der Waals surface area contributed by atoms with Crippen LogP contribution >= 0.6 is 0 Å². The summed E-state index contributed by atoms with van der Waals surface area (Å²) in [6, 6.07) is 5.24. The lowest BCUT2D eigenvalue weighted by atomic mass is 9.82. The fraction of sp³-hybridized carbons (Fsp3) is 0.333. The molecule has 5 rings (SSSR count). The number of hydrogen-bond acceptors (Lipinski definition) is 8. The van der Waals surface area contributed by atoms with Crippen LogP contribution < -0.4 is 16.6 Å². The minimum atomic E-state index is -0.0899. The lowest BCUT2D eigenvalue weighted by molar-refractivity contribution is 0.0594. The van der Waals surface area contributed by atoms with Crippen LogP contribution in [0.3, 0.4) is 0 Å². The van der Waals surface area contributed by atoms with E-state index in [0.717, 1.165) is 12.1 Å². The molecule has 0 spiro atoms. The number of nitrogen functional groups attached to an aromatic ring is 1. The summed E-state index contributed by atoms with van der Waals surface area (Å²) in [5, 5.41) is 2.85. The smallest absolute Gasteiger partial charge is 0.257 e. The molecule has 1 saturated heterocycles. The molecule has 0 unspecified atom stereocenters. The number of amides is 1. The van der Waals surface area contributed by atoms with Gasteiger partial charge >= 0.3 is 0 Å². The van der Waals surface area contributed by atoms with Gasteiger partial charge in [0.15, 0.2) is 0 Å². The SMILES string of the molecule is CNc1ncc(C(=O)N2C[C@@H]3C[C@H](C2)c2cc(-c4cc(N)ncn4)cc(=O)n2C3)cn1. The van der Waals surface area contributed by atoms with E-state index in [1.165, 1.54) is 6.33 Å². The zero-order valence-electron chi connectivity index (χ0n) is 17.0. The van der Waals surface area contributed by atoms with Gasteiger partial charge in [-0.1, -0.05) is 0 Å². The molecule has 0 aromatic carbocycles. The van der Waals surface area contributed by atoms with Crippen LogP contribution in [0.25, 0.3) is 11.3 Å². The van der Waals surface area contributed by atoms with Gasteiger partial charge in [-0.15, -0.1) is 0 Å². The third-order valence-electron chi connectivity index (χ3n) is 5.95. The summed E-state index contributed by atoms with van der Waals surface area (Å²) < 4.78 is 1.83. The molecule has 1 fully saturated rings. The number of carbonyl (C=O) groups is 1. The summed E-state index contributed by atoms with van der Waals surface area (Å²) >= 11 is 0. The Morgan fingerprint density at radius 1 is 1.10 bits per heavy atom. The molecule has 3 aromatic rings. The van der Waals surface area contributed by atoms with Gasteiger partial charge in [0.25, 0.3) is 11.5 Å². The second-order valence-electron chi connectivity index (χ2n) is 8.00. The highest BCUT2D eigenvalue weighted by Crippen LogP contribution is 2.36. The number of likely N-dealkylation sites (tertiary alicyclic amines) is 1. The molecule has 0 aliphatic carbocycles. The van der Waals surface area contributed by atoms with Crippen LogP contribution in [-0.4, -0.2) is 55.4 Å². The average Bonchev–Trinajstić information content (AvgIpc) is 2.79. The van der Waals surface area contributed by atoms with E-state index in [9.17, 15) is 9.59 Å². The van der Waals surface area contributed by atoms with Crippen molar-refractivity contribution >= 4 is 17.7 Å². The molecule has 31 heavy (non-hydrogen) atoms. The van der Waals surface area contributed by atoms with Crippen molar-refractivity contribution in [3.05, 3.63) is 58.5 Å². The zero-order valence-corrected chi connectivity index (χ0v) is 17.0. The maximum absolute atomic E-state index is 13.1. The van der Waals surface area contributed by atoms with E-state index in [2.05, 4.69) is 25.3 Å². The summed E-state index contributed by atoms with van der Waals surface area (Å²) in [5.74, 6) is 1.03. The number of fused-ring (bicyclic) bond motifs is 4. The highest BCUT2D eigenvalue weighted by molar-refractivity contribution is 5.93. The fourth-order valence-corrected chi connectivity index (χ4v) is 4.55. The van der Waals surface area contributed by atoms with Crippen LogP contribution in [0.5, 0.6) is 0 Å². The number of nitrogens with two attached hydrogens (primary N) is 1. The Labute approximate surface area is 178 Å². The van der Waals surface area contributed by atoms with Crippen molar-refractivity contribution in [2.75, 3.05) is 31.2 Å². The van der Waals surface area contributed by atoms with Crippen molar-refractivity contribution in [2.24, 2.45) is 5.92 Å². The van der Waals surface area contributed by atoms with Crippen molar-refractivity contribution in [3.8, 4) is 11.3 Å². The Kier molecular flexibility index (Phi) is 4.61. The Morgan fingerprint density at radius 3 is 2.65 bits per heavy atom. The van der Waals surface area contributed by atoms with Crippen LogP contribution in [0.1, 0.15) is 28.4 Å². The molecular weight excluding hydrogens is 396 g/mol. The van der Waals surface area contributed by atoms with Gasteiger partial charge in [-0.05, 0) is 18.4 Å². The first-order valence-corrected chi connectivity index (χ1v) is 10.1. The van der Waals surface area contributed by atoms with Crippen molar-refractivity contribution < 1.29 is 4.79 Å². The molecule has 1 amide bonds. The summed E-state index contributed by atoms with van der Waals surface area (Å²) in [4.78, 5) is 44.2. The fourth-order valence-electron chi connectivity index (χ4n) is 4.55. The van der Waals surface area contributed by atoms with Crippen molar-refractivity contribution in [2.45, 2.75) is 18.9 Å². The van der Waals surface area contributed by atoms with Crippen LogP contribution in [0.2, 0.25) is 0 Å². The van der Waals surface area contributed by atoms with Gasteiger partial charge in [0.2, 0.25) is 5.95 Å². The minimum Gasteiger partial charge on any atom is -0.384 e. The van der Waals surface area contributed by atoms with Crippen LogP contribution in [0, 0.1) is 5.92 Å². The number of piperidine rings is 1. The number of hydrogen-bond donors (Lipinski definition) is 2. The lowest BCUT2D eigenvalue weighted by Crippen LogP contribution is -2.49. The molecule has 10 nitrogen and oxygen atoms in total. The molecule has 2 aliphatic rings. The predicted octanol–water partition coefficient (Wildman–Crippen LogP) is 0.979. The van der Waals surface area contributed by atoms with Gasteiger partial charge in [-0.25, -0.2) is 19.9 Å². The number of anilines is 2. The van der Waals surface area contributed by atoms with E-state index in [1.54, 1.807) is 31.6 Å². The first-order chi connectivity index (χ1) is 15.0.